The van der Waals surface area contributed by atoms with Crippen LogP contribution in [0.5, 0.6) is 0 Å². The van der Waals surface area contributed by atoms with Gasteiger partial charge in [0.15, 0.2) is 17.3 Å². The molecule has 0 amide bonds. The molecule has 0 radical (unpaired) electrons. The molecule has 5 nitrogen and oxygen atoms in total. The van der Waals surface area contributed by atoms with E-state index in [1.165, 1.54) is 0 Å². The second kappa shape index (κ2) is 17.4. The average Bonchev–Trinajstić information content (AvgIpc) is 3.28. The van der Waals surface area contributed by atoms with E-state index in [-0.39, 0.29) is 41.0 Å². The first-order valence-electron chi connectivity index (χ1n) is 21.5. The van der Waals surface area contributed by atoms with Crippen molar-refractivity contribution in [2.75, 3.05) is 26.2 Å². The number of hydrogen-bond donors (Lipinski definition) is 2. The molecule has 2 aliphatic heterocycles. The smallest absolute Gasteiger partial charge is 0.193 e. The molecule has 2 saturated heterocycles. The molecule has 308 valence electrons. The van der Waals surface area contributed by atoms with Gasteiger partial charge in [-0.3, -0.25) is 14.4 Å². The highest BCUT2D eigenvalue weighted by Gasteiger charge is 2.56. The Morgan fingerprint density at radius 3 is 1.33 bits per heavy atom. The highest BCUT2D eigenvalue weighted by molar-refractivity contribution is 6.32. The minimum atomic E-state index is -1.14. The number of allylic oxidation sites excluding steroid dienone is 8. The standard InChI is InChI=1S/C53H54Cl2N2O3/c1-33-39(21-11-23-47(33)54)41-27-45(37-19-13-25-56-31-37)52(3,29-43(41)49(58)35-15-7-5-8-16-35)51(60)53(4)30-44(50(59)36-17-9-6-10-18-36)42(40-22-12-24-48(55)34(40)2)28-46(53)38-20-14-26-57-32-38/h5-12,15-18,21-24,27-30,37-38,45-46,56-57H,13-14,19-20,25-26,31-32H2,1-4H3. The lowest BCUT2D eigenvalue weighted by molar-refractivity contribution is -0.138. The summed E-state index contributed by atoms with van der Waals surface area (Å²) in [5, 5.41) is 8.51. The molecule has 4 aromatic rings. The zero-order valence-electron chi connectivity index (χ0n) is 35.0. The number of hydrogen-bond acceptors (Lipinski definition) is 5. The normalized spacial score (nSPS) is 26.9. The lowest BCUT2D eigenvalue weighted by Gasteiger charge is -2.50. The Balaban J connectivity index is 1.37. The summed E-state index contributed by atoms with van der Waals surface area (Å²) < 4.78 is 0. The molecule has 2 aliphatic carbocycles. The maximum Gasteiger partial charge on any atom is 0.193 e. The molecule has 0 spiro atoms. The molecule has 4 aromatic carbocycles. The largest absolute Gasteiger partial charge is 0.316 e. The third-order valence-corrected chi connectivity index (χ3v) is 14.7. The van der Waals surface area contributed by atoms with Crippen LogP contribution >= 0.6 is 23.2 Å². The summed E-state index contributed by atoms with van der Waals surface area (Å²) in [6, 6.07) is 30.3. The van der Waals surface area contributed by atoms with Crippen LogP contribution in [0.2, 0.25) is 10.0 Å². The summed E-state index contributed by atoms with van der Waals surface area (Å²) >= 11 is 13.6. The molecule has 2 N–H and O–H groups in total. The Hall–Kier alpha value is -4.65. The minimum Gasteiger partial charge on any atom is -0.316 e. The first-order chi connectivity index (χ1) is 28.9. The summed E-state index contributed by atoms with van der Waals surface area (Å²) in [7, 11) is 0. The van der Waals surface area contributed by atoms with Crippen molar-refractivity contribution in [1.29, 1.82) is 0 Å². The number of ketones is 3. The van der Waals surface area contributed by atoms with Crippen LogP contribution in [0.1, 0.15) is 82.5 Å². The Kier molecular flexibility index (Phi) is 12.2. The molecule has 2 heterocycles. The molecular weight excluding hydrogens is 783 g/mol. The number of carbonyl (C=O) groups excluding carboxylic acids is 3. The van der Waals surface area contributed by atoms with E-state index in [0.29, 0.717) is 32.3 Å². The summed E-state index contributed by atoms with van der Waals surface area (Å²) in [5.41, 5.74) is 4.98. The van der Waals surface area contributed by atoms with E-state index in [4.69, 9.17) is 23.2 Å². The molecule has 2 fully saturated rings. The van der Waals surface area contributed by atoms with Gasteiger partial charge in [0.05, 0.1) is 10.8 Å². The fourth-order valence-corrected chi connectivity index (χ4v) is 11.0. The minimum absolute atomic E-state index is 0.00843. The summed E-state index contributed by atoms with van der Waals surface area (Å²) in [6.45, 7) is 11.4. The topological polar surface area (TPSA) is 75.3 Å². The van der Waals surface area contributed by atoms with E-state index in [1.807, 2.05) is 123 Å². The van der Waals surface area contributed by atoms with Gasteiger partial charge in [-0.05, 0) is 149 Å². The van der Waals surface area contributed by atoms with E-state index in [2.05, 4.69) is 36.6 Å². The van der Waals surface area contributed by atoms with E-state index in [1.54, 1.807) is 0 Å². The Morgan fingerprint density at radius 1 is 0.567 bits per heavy atom. The van der Waals surface area contributed by atoms with Crippen molar-refractivity contribution < 1.29 is 14.4 Å². The number of piperidine rings is 2. The van der Waals surface area contributed by atoms with Gasteiger partial charge in [-0.2, -0.15) is 0 Å². The zero-order valence-corrected chi connectivity index (χ0v) is 36.5. The molecule has 7 heteroatoms. The van der Waals surface area contributed by atoms with Gasteiger partial charge in [0.2, 0.25) is 0 Å². The number of halogens is 2. The van der Waals surface area contributed by atoms with E-state index < -0.39 is 10.8 Å². The van der Waals surface area contributed by atoms with E-state index >= 15 is 4.79 Å². The first-order valence-corrected chi connectivity index (χ1v) is 22.2. The maximum absolute atomic E-state index is 16.6. The van der Waals surface area contributed by atoms with Crippen LogP contribution in [0.3, 0.4) is 0 Å². The zero-order chi connectivity index (χ0) is 42.2. The van der Waals surface area contributed by atoms with Crippen molar-refractivity contribution in [3.63, 3.8) is 0 Å². The summed E-state index contributed by atoms with van der Waals surface area (Å²) in [4.78, 5) is 46.5. The van der Waals surface area contributed by atoms with Crippen molar-refractivity contribution in [1.82, 2.24) is 10.6 Å². The molecule has 0 saturated carbocycles. The molecule has 8 rings (SSSR count). The second-order valence-electron chi connectivity index (χ2n) is 17.7. The highest BCUT2D eigenvalue weighted by Crippen LogP contribution is 2.56. The fourth-order valence-electron chi connectivity index (χ4n) is 10.6. The number of rotatable bonds is 10. The van der Waals surface area contributed by atoms with Gasteiger partial charge in [-0.25, -0.2) is 0 Å². The monoisotopic (exact) mass is 836 g/mol. The number of carbonyl (C=O) groups is 3. The Morgan fingerprint density at radius 2 is 0.967 bits per heavy atom. The van der Waals surface area contributed by atoms with Crippen molar-refractivity contribution in [2.45, 2.75) is 53.4 Å². The molecule has 0 bridgehead atoms. The van der Waals surface area contributed by atoms with Gasteiger partial charge < -0.3 is 10.6 Å². The number of benzene rings is 4. The van der Waals surface area contributed by atoms with Crippen molar-refractivity contribution in [3.05, 3.63) is 176 Å². The van der Waals surface area contributed by atoms with Crippen molar-refractivity contribution in [3.8, 4) is 0 Å². The van der Waals surface area contributed by atoms with Gasteiger partial charge >= 0.3 is 0 Å². The summed E-state index contributed by atoms with van der Waals surface area (Å²) in [5.74, 6) is -0.570. The average molecular weight is 838 g/mol. The summed E-state index contributed by atoms with van der Waals surface area (Å²) in [6.07, 6.45) is 12.3. The van der Waals surface area contributed by atoms with Crippen LogP contribution in [0.25, 0.3) is 11.1 Å². The van der Waals surface area contributed by atoms with Crippen molar-refractivity contribution >= 4 is 51.7 Å². The molecule has 60 heavy (non-hydrogen) atoms. The van der Waals surface area contributed by atoms with E-state index in [0.717, 1.165) is 85.3 Å². The molecule has 0 aromatic heterocycles. The second-order valence-corrected chi connectivity index (χ2v) is 18.5. The van der Waals surface area contributed by atoms with Crippen LogP contribution in [0.15, 0.2) is 133 Å². The fraction of sp³-hybridized carbons (Fsp3) is 0.340. The van der Waals surface area contributed by atoms with Gasteiger partial charge in [0, 0.05) is 32.3 Å². The van der Waals surface area contributed by atoms with Gasteiger partial charge in [0.25, 0.3) is 0 Å². The quantitative estimate of drug-likeness (QED) is 0.156. The van der Waals surface area contributed by atoms with Gasteiger partial charge in [-0.15, -0.1) is 0 Å². The lowest BCUT2D eigenvalue weighted by Crippen LogP contribution is -2.53. The van der Waals surface area contributed by atoms with Gasteiger partial charge in [-0.1, -0.05) is 132 Å². The lowest BCUT2D eigenvalue weighted by atomic mass is 9.52. The van der Waals surface area contributed by atoms with Gasteiger partial charge in [0.1, 0.15) is 0 Å². The van der Waals surface area contributed by atoms with Crippen LogP contribution in [-0.2, 0) is 4.79 Å². The highest BCUT2D eigenvalue weighted by atomic mass is 35.5. The number of Topliss-reactive ketones (excluding diaryl/α,β-unsaturated/α-hetero) is 3. The maximum atomic E-state index is 16.6. The Labute approximate surface area is 365 Å². The van der Waals surface area contributed by atoms with E-state index in [9.17, 15) is 9.59 Å². The third-order valence-electron chi connectivity index (χ3n) is 13.9. The molecular formula is C53H54Cl2N2O3. The Bertz CT molecular complexity index is 2270. The van der Waals surface area contributed by atoms with Crippen molar-refractivity contribution in [2.24, 2.45) is 34.5 Å². The van der Waals surface area contributed by atoms with Crippen LogP contribution in [0.4, 0.5) is 0 Å². The third kappa shape index (κ3) is 7.75. The van der Waals surface area contributed by atoms with Crippen LogP contribution in [0, 0.1) is 48.3 Å². The predicted octanol–water partition coefficient (Wildman–Crippen LogP) is 11.5. The molecule has 4 aliphatic rings. The molecule has 6 unspecified atom stereocenters. The van der Waals surface area contributed by atoms with Crippen LogP contribution in [-0.4, -0.2) is 43.5 Å². The first kappa shape index (κ1) is 42.1. The number of nitrogens with one attached hydrogen (secondary N) is 2. The SMILES string of the molecule is Cc1c(Cl)cccc1C1=CC(C2CCCNC2)C(C)(C(=O)C2(C)C=C(C(=O)c3ccccc3)C(c3cccc(Cl)c3C)=CC2C2CCCNC2)C=C1C(=O)c1ccccc1. The van der Waals surface area contributed by atoms with Crippen LogP contribution < -0.4 is 10.6 Å². The predicted molar refractivity (Wildman–Crippen MR) is 245 cm³/mol. The molecule has 6 atom stereocenters.